The van der Waals surface area contributed by atoms with Crippen LogP contribution < -0.4 is 10.5 Å². The van der Waals surface area contributed by atoms with Crippen LogP contribution in [0.3, 0.4) is 0 Å². The lowest BCUT2D eigenvalue weighted by atomic mass is 10.1. The molecular weight excluding hydrogens is 306 g/mol. The lowest BCUT2D eigenvalue weighted by Crippen LogP contribution is -2.47. The number of ether oxygens (including phenoxy) is 1. The van der Waals surface area contributed by atoms with E-state index in [2.05, 4.69) is 5.32 Å². The van der Waals surface area contributed by atoms with E-state index < -0.39 is 43.6 Å². The van der Waals surface area contributed by atoms with Crippen molar-refractivity contribution in [3.63, 3.8) is 0 Å². The normalized spacial score (nSPS) is 12.3. The zero-order valence-electron chi connectivity index (χ0n) is 11.7. The van der Waals surface area contributed by atoms with Gasteiger partial charge in [0.15, 0.2) is 5.82 Å². The van der Waals surface area contributed by atoms with Crippen molar-refractivity contribution in [1.29, 1.82) is 0 Å². The van der Waals surface area contributed by atoms with Gasteiger partial charge >= 0.3 is 0 Å². The third-order valence-electron chi connectivity index (χ3n) is 2.51. The largest absolute Gasteiger partial charge is 0.382 e. The molecule has 1 amide bonds. The number of amides is 1. The maximum absolute atomic E-state index is 14.0. The molecule has 0 unspecified atom stereocenters. The predicted molar refractivity (Wildman–Crippen MR) is 71.2 cm³/mol. The molecule has 0 radical (unpaired) electrons. The van der Waals surface area contributed by atoms with E-state index in [1.807, 2.05) is 0 Å². The van der Waals surface area contributed by atoms with E-state index in [1.54, 1.807) is 13.8 Å². The van der Waals surface area contributed by atoms with Crippen LogP contribution in [-0.4, -0.2) is 33.6 Å². The smallest absolute Gasteiger partial charge is 0.254 e. The standard InChI is InChI=1S/C12H16F2N2O4S/c1-12(2,6-20-3)16-11(17)8-4-7(13)5-9(10(8)14)21(15,18)19/h4-5H,6H2,1-3H3,(H,16,17)(H2,15,18,19). The number of benzene rings is 1. The zero-order valence-corrected chi connectivity index (χ0v) is 12.6. The van der Waals surface area contributed by atoms with Gasteiger partial charge in [-0.3, -0.25) is 4.79 Å². The summed E-state index contributed by atoms with van der Waals surface area (Å²) in [5.74, 6) is -3.46. The minimum atomic E-state index is -4.49. The van der Waals surface area contributed by atoms with Crippen LogP contribution in [0.15, 0.2) is 17.0 Å². The minimum absolute atomic E-state index is 0.123. The Kier molecular flexibility index (Phi) is 5.03. The summed E-state index contributed by atoms with van der Waals surface area (Å²) in [5.41, 5.74) is -1.60. The number of rotatable bonds is 5. The molecule has 0 spiro atoms. The van der Waals surface area contributed by atoms with E-state index in [4.69, 9.17) is 9.88 Å². The first-order chi connectivity index (χ1) is 9.48. The summed E-state index contributed by atoms with van der Waals surface area (Å²) in [6.07, 6.45) is 0. The van der Waals surface area contributed by atoms with Crippen molar-refractivity contribution in [2.45, 2.75) is 24.3 Å². The molecule has 1 aromatic rings. The molecule has 21 heavy (non-hydrogen) atoms. The third kappa shape index (κ3) is 4.45. The van der Waals surface area contributed by atoms with Gasteiger partial charge in [0, 0.05) is 7.11 Å². The van der Waals surface area contributed by atoms with Gasteiger partial charge in [-0.05, 0) is 26.0 Å². The first-order valence-corrected chi connectivity index (χ1v) is 7.36. The predicted octanol–water partition coefficient (Wildman–Crippen LogP) is 0.767. The van der Waals surface area contributed by atoms with Crippen molar-refractivity contribution in [1.82, 2.24) is 5.32 Å². The van der Waals surface area contributed by atoms with Crippen LogP contribution in [0.5, 0.6) is 0 Å². The molecule has 0 saturated heterocycles. The molecule has 6 nitrogen and oxygen atoms in total. The number of nitrogens with one attached hydrogen (secondary N) is 1. The Balaban J connectivity index is 3.26. The van der Waals surface area contributed by atoms with Crippen LogP contribution in [-0.2, 0) is 14.8 Å². The number of carbonyl (C=O) groups excluding carboxylic acids is 1. The highest BCUT2D eigenvalue weighted by molar-refractivity contribution is 7.89. The SMILES string of the molecule is COCC(C)(C)NC(=O)c1cc(F)cc(S(N)(=O)=O)c1F. The molecule has 9 heteroatoms. The summed E-state index contributed by atoms with van der Waals surface area (Å²) in [4.78, 5) is 10.9. The second kappa shape index (κ2) is 6.04. The number of nitrogens with two attached hydrogens (primary N) is 1. The summed E-state index contributed by atoms with van der Waals surface area (Å²) in [6.45, 7) is 3.33. The average molecular weight is 322 g/mol. The Bertz CT molecular complexity index is 659. The minimum Gasteiger partial charge on any atom is -0.382 e. The van der Waals surface area contributed by atoms with E-state index in [-0.39, 0.29) is 6.61 Å². The Morgan fingerprint density at radius 2 is 1.95 bits per heavy atom. The fraction of sp³-hybridized carbons (Fsp3) is 0.417. The van der Waals surface area contributed by atoms with Crippen LogP contribution in [0.25, 0.3) is 0 Å². The van der Waals surface area contributed by atoms with Crippen LogP contribution in [0, 0.1) is 11.6 Å². The molecule has 0 heterocycles. The molecule has 0 atom stereocenters. The first kappa shape index (κ1) is 17.5. The molecule has 0 aliphatic heterocycles. The highest BCUT2D eigenvalue weighted by atomic mass is 32.2. The number of hydrogen-bond acceptors (Lipinski definition) is 4. The van der Waals surface area contributed by atoms with Gasteiger partial charge in [-0.2, -0.15) is 0 Å². The van der Waals surface area contributed by atoms with Crippen LogP contribution in [0.4, 0.5) is 8.78 Å². The third-order valence-corrected chi connectivity index (χ3v) is 3.42. The van der Waals surface area contributed by atoms with Crippen molar-refractivity contribution in [3.8, 4) is 0 Å². The highest BCUT2D eigenvalue weighted by Crippen LogP contribution is 2.20. The lowest BCUT2D eigenvalue weighted by Gasteiger charge is -2.25. The van der Waals surface area contributed by atoms with Crippen molar-refractivity contribution in [2.75, 3.05) is 13.7 Å². The summed E-state index contributed by atoms with van der Waals surface area (Å²) >= 11 is 0. The topological polar surface area (TPSA) is 98.5 Å². The maximum atomic E-state index is 14.0. The summed E-state index contributed by atoms with van der Waals surface area (Å²) in [6, 6.07) is 1.02. The van der Waals surface area contributed by atoms with Crippen molar-refractivity contribution >= 4 is 15.9 Å². The average Bonchev–Trinajstić information content (AvgIpc) is 2.29. The molecule has 0 fully saturated rings. The van der Waals surface area contributed by atoms with Crippen LogP contribution in [0.2, 0.25) is 0 Å². The first-order valence-electron chi connectivity index (χ1n) is 5.81. The van der Waals surface area contributed by atoms with E-state index in [9.17, 15) is 22.0 Å². The highest BCUT2D eigenvalue weighted by Gasteiger charge is 2.27. The number of hydrogen-bond donors (Lipinski definition) is 2. The van der Waals surface area contributed by atoms with Crippen molar-refractivity contribution in [2.24, 2.45) is 5.14 Å². The van der Waals surface area contributed by atoms with Gasteiger partial charge in [0.2, 0.25) is 10.0 Å². The quantitative estimate of drug-likeness (QED) is 0.836. The van der Waals surface area contributed by atoms with E-state index in [0.717, 1.165) is 0 Å². The van der Waals surface area contributed by atoms with Gasteiger partial charge in [-0.25, -0.2) is 22.3 Å². The van der Waals surface area contributed by atoms with E-state index in [1.165, 1.54) is 7.11 Å². The van der Waals surface area contributed by atoms with Crippen LogP contribution >= 0.6 is 0 Å². The Hall–Kier alpha value is -1.58. The number of halogens is 2. The van der Waals surface area contributed by atoms with E-state index in [0.29, 0.717) is 12.1 Å². The fourth-order valence-corrected chi connectivity index (χ4v) is 2.34. The van der Waals surface area contributed by atoms with Gasteiger partial charge < -0.3 is 10.1 Å². The summed E-state index contributed by atoms with van der Waals surface area (Å²) < 4.78 is 54.7. The van der Waals surface area contributed by atoms with Gasteiger partial charge in [0.1, 0.15) is 10.7 Å². The second-order valence-electron chi connectivity index (χ2n) is 5.08. The van der Waals surface area contributed by atoms with Gasteiger partial charge in [-0.1, -0.05) is 0 Å². The Labute approximate surface area is 121 Å². The Morgan fingerprint density at radius 3 is 2.43 bits per heavy atom. The molecular formula is C12H16F2N2O4S. The summed E-state index contributed by atoms with van der Waals surface area (Å²) in [5, 5.41) is 7.20. The molecule has 1 aromatic carbocycles. The van der Waals surface area contributed by atoms with Gasteiger partial charge in [0.05, 0.1) is 17.7 Å². The monoisotopic (exact) mass is 322 g/mol. The molecule has 0 bridgehead atoms. The molecule has 1 rings (SSSR count). The number of carbonyl (C=O) groups is 1. The molecule has 0 saturated carbocycles. The second-order valence-corrected chi connectivity index (χ2v) is 6.61. The zero-order chi connectivity index (χ0) is 16.4. The van der Waals surface area contributed by atoms with E-state index >= 15 is 0 Å². The number of methoxy groups -OCH3 is 1. The lowest BCUT2D eigenvalue weighted by molar-refractivity contribution is 0.0815. The molecule has 0 aliphatic carbocycles. The molecule has 118 valence electrons. The van der Waals surface area contributed by atoms with Crippen LogP contribution in [0.1, 0.15) is 24.2 Å². The summed E-state index contributed by atoms with van der Waals surface area (Å²) in [7, 11) is -3.07. The fourth-order valence-electron chi connectivity index (χ4n) is 1.71. The van der Waals surface area contributed by atoms with Gasteiger partial charge in [-0.15, -0.1) is 0 Å². The molecule has 3 N–H and O–H groups in total. The van der Waals surface area contributed by atoms with Crippen molar-refractivity contribution in [3.05, 3.63) is 29.3 Å². The van der Waals surface area contributed by atoms with Crippen molar-refractivity contribution < 1.29 is 26.7 Å². The maximum Gasteiger partial charge on any atom is 0.254 e. The number of primary sulfonamides is 1. The number of sulfonamides is 1. The molecule has 0 aliphatic rings. The molecule has 0 aromatic heterocycles. The Morgan fingerprint density at radius 1 is 1.38 bits per heavy atom. The van der Waals surface area contributed by atoms with Gasteiger partial charge in [0.25, 0.3) is 5.91 Å².